The molecule has 4 rings (SSSR count). The van der Waals surface area contributed by atoms with E-state index in [0.717, 1.165) is 22.0 Å². The van der Waals surface area contributed by atoms with Crippen LogP contribution in [0, 0.1) is 13.8 Å². The zero-order valence-electron chi connectivity index (χ0n) is 16.9. The van der Waals surface area contributed by atoms with Gasteiger partial charge in [0.05, 0.1) is 15.7 Å². The average Bonchev–Trinajstić information content (AvgIpc) is 3.00. The normalized spacial score (nSPS) is 15.5. The highest BCUT2D eigenvalue weighted by atomic mass is 35.5. The van der Waals surface area contributed by atoms with Gasteiger partial charge in [-0.1, -0.05) is 40.9 Å². The second kappa shape index (κ2) is 8.47. The summed E-state index contributed by atoms with van der Waals surface area (Å²) in [4.78, 5) is 38.9. The number of amides is 4. The molecule has 1 fully saturated rings. The van der Waals surface area contributed by atoms with Crippen molar-refractivity contribution < 1.29 is 14.4 Å². The van der Waals surface area contributed by atoms with E-state index in [-0.39, 0.29) is 21.3 Å². The number of imide groups is 2. The Morgan fingerprint density at radius 2 is 1.62 bits per heavy atom. The number of benzene rings is 2. The molecule has 1 N–H and O–H groups in total. The third-order valence-corrected chi connectivity index (χ3v) is 6.07. The molecule has 1 aromatic heterocycles. The van der Waals surface area contributed by atoms with E-state index in [1.54, 1.807) is 6.07 Å². The van der Waals surface area contributed by atoms with Gasteiger partial charge in [0.2, 0.25) is 0 Å². The summed E-state index contributed by atoms with van der Waals surface area (Å²) in [6.45, 7) is 3.78. The van der Waals surface area contributed by atoms with Crippen LogP contribution in [-0.2, 0) is 9.59 Å². The number of nitrogens with one attached hydrogen (secondary N) is 1. The molecule has 0 aliphatic carbocycles. The Morgan fingerprint density at radius 1 is 0.875 bits per heavy atom. The number of hydrogen-bond donors (Lipinski definition) is 1. The quantitative estimate of drug-likeness (QED) is 0.378. The van der Waals surface area contributed by atoms with E-state index in [9.17, 15) is 14.4 Å². The van der Waals surface area contributed by atoms with Gasteiger partial charge in [0, 0.05) is 22.1 Å². The van der Waals surface area contributed by atoms with Gasteiger partial charge in [-0.3, -0.25) is 14.9 Å². The molecule has 0 bridgehead atoms. The molecule has 1 aliphatic rings. The molecule has 162 valence electrons. The van der Waals surface area contributed by atoms with Crippen LogP contribution in [0.2, 0.25) is 15.1 Å². The van der Waals surface area contributed by atoms with Crippen LogP contribution in [0.4, 0.5) is 10.5 Å². The molecule has 2 heterocycles. The Kier molecular flexibility index (Phi) is 5.86. The minimum absolute atomic E-state index is 0.178. The second-order valence-corrected chi connectivity index (χ2v) is 8.45. The Balaban J connectivity index is 1.77. The van der Waals surface area contributed by atoms with E-state index < -0.39 is 17.8 Å². The number of carbonyl (C=O) groups excluding carboxylic acids is 3. The number of aryl methyl sites for hydroxylation is 1. The lowest BCUT2D eigenvalue weighted by molar-refractivity contribution is -0.122. The molecule has 6 nitrogen and oxygen atoms in total. The second-order valence-electron chi connectivity index (χ2n) is 7.20. The molecule has 2 aromatic carbocycles. The lowest BCUT2D eigenvalue weighted by atomic mass is 10.1. The van der Waals surface area contributed by atoms with Crippen LogP contribution >= 0.6 is 34.8 Å². The van der Waals surface area contributed by atoms with Crippen LogP contribution in [0.15, 0.2) is 54.1 Å². The fourth-order valence-electron chi connectivity index (χ4n) is 3.62. The number of hydrogen-bond acceptors (Lipinski definition) is 3. The highest BCUT2D eigenvalue weighted by Gasteiger charge is 2.37. The lowest BCUT2D eigenvalue weighted by Crippen LogP contribution is -2.54. The summed E-state index contributed by atoms with van der Waals surface area (Å²) in [6, 6.07) is 12.7. The standard InChI is InChI=1S/C23H16Cl3N3O3/c1-12-8-14(13(2)28(12)16-5-3-4-15(24)10-16)9-18-21(30)27-23(32)29(22(18)31)17-6-7-19(25)20(26)11-17/h3-11H,1-2H3,(H,27,30,32)/b18-9+. The highest BCUT2D eigenvalue weighted by Crippen LogP contribution is 2.30. The van der Waals surface area contributed by atoms with Gasteiger partial charge in [-0.2, -0.15) is 0 Å². The molecule has 9 heteroatoms. The number of urea groups is 1. The van der Waals surface area contributed by atoms with Gasteiger partial charge in [-0.05, 0) is 68.0 Å². The zero-order chi connectivity index (χ0) is 23.2. The molecule has 0 spiro atoms. The fraction of sp³-hybridized carbons (Fsp3) is 0.0870. The van der Waals surface area contributed by atoms with E-state index in [4.69, 9.17) is 34.8 Å². The van der Waals surface area contributed by atoms with Crippen LogP contribution < -0.4 is 10.2 Å². The van der Waals surface area contributed by atoms with Crippen molar-refractivity contribution in [3.8, 4) is 5.69 Å². The lowest BCUT2D eigenvalue weighted by Gasteiger charge is -2.26. The van der Waals surface area contributed by atoms with Crippen LogP contribution in [0.3, 0.4) is 0 Å². The minimum atomic E-state index is -0.861. The Labute approximate surface area is 199 Å². The number of rotatable bonds is 3. The maximum Gasteiger partial charge on any atom is 0.335 e. The molecular formula is C23H16Cl3N3O3. The van der Waals surface area contributed by atoms with Crippen LogP contribution in [0.5, 0.6) is 0 Å². The predicted octanol–water partition coefficient (Wildman–Crippen LogP) is 5.72. The molecule has 4 amide bonds. The van der Waals surface area contributed by atoms with E-state index in [1.165, 1.54) is 24.3 Å². The third-order valence-electron chi connectivity index (χ3n) is 5.10. The third kappa shape index (κ3) is 3.93. The molecule has 0 unspecified atom stereocenters. The monoisotopic (exact) mass is 487 g/mol. The molecular weight excluding hydrogens is 473 g/mol. The Bertz CT molecular complexity index is 1330. The van der Waals surface area contributed by atoms with Gasteiger partial charge >= 0.3 is 6.03 Å². The summed E-state index contributed by atoms with van der Waals surface area (Å²) in [5.41, 5.74) is 3.22. The number of barbiturate groups is 1. The van der Waals surface area contributed by atoms with Gasteiger partial charge < -0.3 is 4.57 Å². The molecule has 1 aliphatic heterocycles. The van der Waals surface area contributed by atoms with Crippen LogP contribution in [-0.4, -0.2) is 22.4 Å². The van der Waals surface area contributed by atoms with Gasteiger partial charge in [0.1, 0.15) is 5.57 Å². The summed E-state index contributed by atoms with van der Waals surface area (Å²) < 4.78 is 1.96. The van der Waals surface area contributed by atoms with Crippen molar-refractivity contribution in [2.75, 3.05) is 4.90 Å². The maximum atomic E-state index is 13.1. The van der Waals surface area contributed by atoms with Crippen molar-refractivity contribution in [2.45, 2.75) is 13.8 Å². The van der Waals surface area contributed by atoms with Crippen molar-refractivity contribution >= 4 is 64.4 Å². The van der Waals surface area contributed by atoms with E-state index >= 15 is 0 Å². The smallest absolute Gasteiger partial charge is 0.318 e. The Morgan fingerprint density at radius 3 is 2.31 bits per heavy atom. The van der Waals surface area contributed by atoms with Gasteiger partial charge in [0.15, 0.2) is 0 Å². The number of carbonyl (C=O) groups is 3. The van der Waals surface area contributed by atoms with Crippen LogP contribution in [0.1, 0.15) is 17.0 Å². The number of halogens is 3. The van der Waals surface area contributed by atoms with Crippen molar-refractivity contribution in [3.05, 3.63) is 86.1 Å². The SMILES string of the molecule is Cc1cc(/C=C2\C(=O)NC(=O)N(c3ccc(Cl)c(Cl)c3)C2=O)c(C)n1-c1cccc(Cl)c1. The van der Waals surface area contributed by atoms with Crippen molar-refractivity contribution in [2.24, 2.45) is 0 Å². The largest absolute Gasteiger partial charge is 0.335 e. The van der Waals surface area contributed by atoms with E-state index in [1.807, 2.05) is 42.7 Å². The fourth-order valence-corrected chi connectivity index (χ4v) is 4.09. The first kappa shape index (κ1) is 22.1. The first-order valence-corrected chi connectivity index (χ1v) is 10.6. The number of aromatic nitrogens is 1. The molecule has 0 radical (unpaired) electrons. The topological polar surface area (TPSA) is 71.4 Å². The molecule has 32 heavy (non-hydrogen) atoms. The van der Waals surface area contributed by atoms with Crippen LogP contribution in [0.25, 0.3) is 11.8 Å². The molecule has 3 aromatic rings. The Hall–Kier alpha value is -3.06. The van der Waals surface area contributed by atoms with E-state index in [2.05, 4.69) is 5.32 Å². The minimum Gasteiger partial charge on any atom is -0.318 e. The molecule has 0 saturated carbocycles. The van der Waals surface area contributed by atoms with E-state index in [0.29, 0.717) is 10.6 Å². The van der Waals surface area contributed by atoms with Crippen molar-refractivity contribution in [1.29, 1.82) is 0 Å². The van der Waals surface area contributed by atoms with Gasteiger partial charge in [-0.25, -0.2) is 9.69 Å². The maximum absolute atomic E-state index is 13.1. The first-order valence-electron chi connectivity index (χ1n) is 9.49. The predicted molar refractivity (Wildman–Crippen MR) is 126 cm³/mol. The first-order chi connectivity index (χ1) is 15.2. The number of anilines is 1. The molecule has 0 atom stereocenters. The number of nitrogens with zero attached hydrogens (tertiary/aromatic N) is 2. The van der Waals surface area contributed by atoms with Crippen molar-refractivity contribution in [1.82, 2.24) is 9.88 Å². The zero-order valence-corrected chi connectivity index (χ0v) is 19.2. The molecule has 1 saturated heterocycles. The summed E-state index contributed by atoms with van der Waals surface area (Å²) in [5.74, 6) is -1.53. The average molecular weight is 489 g/mol. The van der Waals surface area contributed by atoms with Crippen molar-refractivity contribution in [3.63, 3.8) is 0 Å². The highest BCUT2D eigenvalue weighted by molar-refractivity contribution is 6.43. The van der Waals surface area contributed by atoms with Gasteiger partial charge in [0.25, 0.3) is 11.8 Å². The summed E-state index contributed by atoms with van der Waals surface area (Å²) in [7, 11) is 0. The summed E-state index contributed by atoms with van der Waals surface area (Å²) >= 11 is 18.1. The summed E-state index contributed by atoms with van der Waals surface area (Å²) in [5, 5.41) is 3.25. The summed E-state index contributed by atoms with van der Waals surface area (Å²) in [6.07, 6.45) is 1.47. The van der Waals surface area contributed by atoms with Gasteiger partial charge in [-0.15, -0.1) is 0 Å².